The van der Waals surface area contributed by atoms with Crippen LogP contribution >= 0.6 is 7.37 Å². The van der Waals surface area contributed by atoms with Crippen LogP contribution in [-0.2, 0) is 9.09 Å². The van der Waals surface area contributed by atoms with Crippen molar-refractivity contribution in [2.75, 3.05) is 25.6 Å². The number of hydrogen-bond acceptors (Lipinski definition) is 4. The predicted octanol–water partition coefficient (Wildman–Crippen LogP) is 4.33. The zero-order valence-corrected chi connectivity index (χ0v) is 16.5. The molecule has 0 heterocycles. The van der Waals surface area contributed by atoms with E-state index in [9.17, 15) is 9.67 Å². The minimum absolute atomic E-state index is 0.222. The molecule has 0 aliphatic rings. The van der Waals surface area contributed by atoms with Crippen molar-refractivity contribution in [1.29, 1.82) is 0 Å². The first-order chi connectivity index (χ1) is 11.7. The molecule has 4 nitrogen and oxygen atoms in total. The van der Waals surface area contributed by atoms with Crippen LogP contribution < -0.4 is 10.2 Å². The van der Waals surface area contributed by atoms with Crippen LogP contribution in [-0.4, -0.2) is 25.8 Å². The van der Waals surface area contributed by atoms with Crippen molar-refractivity contribution >= 4 is 18.4 Å². The lowest BCUT2D eigenvalue weighted by atomic mass is 10.2. The van der Waals surface area contributed by atoms with Gasteiger partial charge in [0.25, 0.3) is 7.37 Å². The number of aliphatic hydroxyl groups is 1. The first-order valence-electron chi connectivity index (χ1n) is 8.51. The Kier molecular flexibility index (Phi) is 6.45. The zero-order chi connectivity index (χ0) is 18.6. The second kappa shape index (κ2) is 8.18. The van der Waals surface area contributed by atoms with E-state index >= 15 is 0 Å². The molecule has 2 aromatic carbocycles. The first-order valence-corrected chi connectivity index (χ1v) is 10.2. The molecule has 2 aromatic rings. The number of aryl methyl sites for hydroxylation is 1. The van der Waals surface area contributed by atoms with Gasteiger partial charge in [-0.05, 0) is 42.7 Å². The molecule has 0 aliphatic heterocycles. The third-order valence-corrected chi connectivity index (χ3v) is 6.52. The van der Waals surface area contributed by atoms with Crippen LogP contribution in [0.15, 0.2) is 48.5 Å². The molecule has 0 spiro atoms. The van der Waals surface area contributed by atoms with Gasteiger partial charge in [0, 0.05) is 25.1 Å². The van der Waals surface area contributed by atoms with Crippen LogP contribution in [0.2, 0.25) is 0 Å². The molecule has 0 amide bonds. The summed E-state index contributed by atoms with van der Waals surface area (Å²) in [5.74, 6) is -0.961. The highest BCUT2D eigenvalue weighted by molar-refractivity contribution is 7.67. The van der Waals surface area contributed by atoms with Gasteiger partial charge >= 0.3 is 0 Å². The number of nitrogens with zero attached hydrogens (tertiary/aromatic N) is 1. The van der Waals surface area contributed by atoms with E-state index in [1.807, 2.05) is 64.0 Å². The monoisotopic (exact) mass is 361 g/mol. The fourth-order valence-electron chi connectivity index (χ4n) is 2.44. The second-order valence-corrected chi connectivity index (χ2v) is 9.44. The molecule has 0 fully saturated rings. The Bertz CT molecular complexity index is 724. The third kappa shape index (κ3) is 4.72. The van der Waals surface area contributed by atoms with E-state index < -0.39 is 13.2 Å². The summed E-state index contributed by atoms with van der Waals surface area (Å²) in [6, 6.07) is 14.8. The number of rotatable bonds is 7. The number of aliphatic hydroxyl groups excluding tert-OH is 1. The molecule has 0 bridgehead atoms. The molecule has 0 unspecified atom stereocenters. The van der Waals surface area contributed by atoms with Crippen LogP contribution in [0.4, 0.5) is 5.69 Å². The fraction of sp³-hybridized carbons (Fsp3) is 0.400. The maximum atomic E-state index is 13.7. The Hall–Kier alpha value is -1.61. The molecule has 2 atom stereocenters. The van der Waals surface area contributed by atoms with E-state index in [1.165, 1.54) is 0 Å². The average molecular weight is 361 g/mol. The highest BCUT2D eigenvalue weighted by Crippen LogP contribution is 2.57. The SMILES string of the molecule is Cc1ccc([C@H](O)[P@@](=O)(OCC(C)C)c2ccc(N(C)C)cc2)cc1. The molecule has 136 valence electrons. The Balaban J connectivity index is 2.42. The van der Waals surface area contributed by atoms with Crippen molar-refractivity contribution in [3.63, 3.8) is 0 Å². The minimum atomic E-state index is -3.47. The smallest absolute Gasteiger partial charge is 0.264 e. The number of anilines is 1. The largest absolute Gasteiger partial charge is 0.378 e. The summed E-state index contributed by atoms with van der Waals surface area (Å²) >= 11 is 0. The number of hydrogen-bond donors (Lipinski definition) is 1. The quantitative estimate of drug-likeness (QED) is 0.746. The first kappa shape index (κ1) is 19.7. The third-order valence-electron chi connectivity index (χ3n) is 4.02. The Morgan fingerprint density at radius 3 is 2.08 bits per heavy atom. The maximum Gasteiger partial charge on any atom is 0.264 e. The van der Waals surface area contributed by atoms with E-state index in [-0.39, 0.29) is 5.92 Å². The van der Waals surface area contributed by atoms with E-state index in [1.54, 1.807) is 24.3 Å². The Labute approximate surface area is 150 Å². The van der Waals surface area contributed by atoms with Gasteiger partial charge in [0.2, 0.25) is 0 Å². The van der Waals surface area contributed by atoms with E-state index in [2.05, 4.69) is 0 Å². The molecule has 2 rings (SSSR count). The van der Waals surface area contributed by atoms with Crippen molar-refractivity contribution in [1.82, 2.24) is 0 Å². The van der Waals surface area contributed by atoms with Crippen LogP contribution in [0.25, 0.3) is 0 Å². The molecule has 25 heavy (non-hydrogen) atoms. The lowest BCUT2D eigenvalue weighted by molar-refractivity contribution is 0.203. The standard InChI is InChI=1S/C20H28NO3P/c1-15(2)14-24-25(23,19-12-10-18(11-13-19)21(4)5)20(22)17-8-6-16(3)7-9-17/h6-13,15,20,22H,14H2,1-5H3/t20-,25+/m1/s1. The summed E-state index contributed by atoms with van der Waals surface area (Å²) in [6.45, 7) is 6.30. The van der Waals surface area contributed by atoms with Gasteiger partial charge in [-0.1, -0.05) is 43.7 Å². The van der Waals surface area contributed by atoms with Crippen LogP contribution in [0.5, 0.6) is 0 Å². The van der Waals surface area contributed by atoms with Gasteiger partial charge in [-0.2, -0.15) is 0 Å². The van der Waals surface area contributed by atoms with Gasteiger partial charge in [-0.25, -0.2) is 0 Å². The van der Waals surface area contributed by atoms with Gasteiger partial charge < -0.3 is 14.5 Å². The molecule has 1 N–H and O–H groups in total. The van der Waals surface area contributed by atoms with Gasteiger partial charge in [0.05, 0.1) is 6.61 Å². The summed E-state index contributed by atoms with van der Waals surface area (Å²) in [5, 5.41) is 11.4. The molecular weight excluding hydrogens is 333 g/mol. The molecule has 5 heteroatoms. The van der Waals surface area contributed by atoms with Crippen molar-refractivity contribution in [3.05, 3.63) is 59.7 Å². The average Bonchev–Trinajstić information content (AvgIpc) is 2.59. The summed E-state index contributed by atoms with van der Waals surface area (Å²) in [4.78, 5) is 1.97. The zero-order valence-electron chi connectivity index (χ0n) is 15.6. The van der Waals surface area contributed by atoms with Crippen LogP contribution in [0.3, 0.4) is 0 Å². The highest BCUT2D eigenvalue weighted by Gasteiger charge is 2.36. The topological polar surface area (TPSA) is 49.8 Å². The number of benzene rings is 2. The normalized spacial score (nSPS) is 15.0. The van der Waals surface area contributed by atoms with Crippen molar-refractivity contribution in [2.24, 2.45) is 5.92 Å². The molecule has 0 saturated carbocycles. The summed E-state index contributed by atoms with van der Waals surface area (Å²) in [6.07, 6.45) is 0. The van der Waals surface area contributed by atoms with Gasteiger partial charge in [0.1, 0.15) is 0 Å². The molecular formula is C20H28NO3P. The summed E-state index contributed by atoms with van der Waals surface area (Å²) in [7, 11) is 0.432. The molecule has 0 aliphatic carbocycles. The lowest BCUT2D eigenvalue weighted by Gasteiger charge is -2.26. The summed E-state index contributed by atoms with van der Waals surface area (Å²) in [5.41, 5.74) is 2.70. The molecule has 0 saturated heterocycles. The lowest BCUT2D eigenvalue weighted by Crippen LogP contribution is -2.17. The Morgan fingerprint density at radius 2 is 1.60 bits per heavy atom. The maximum absolute atomic E-state index is 13.7. The van der Waals surface area contributed by atoms with Gasteiger partial charge in [0.15, 0.2) is 5.85 Å². The van der Waals surface area contributed by atoms with E-state index in [4.69, 9.17) is 4.52 Å². The van der Waals surface area contributed by atoms with Crippen LogP contribution in [0, 0.1) is 12.8 Å². The van der Waals surface area contributed by atoms with Crippen molar-refractivity contribution in [3.8, 4) is 0 Å². The second-order valence-electron chi connectivity index (χ2n) is 6.98. The van der Waals surface area contributed by atoms with Gasteiger partial charge in [-0.15, -0.1) is 0 Å². The van der Waals surface area contributed by atoms with Crippen molar-refractivity contribution < 1.29 is 14.2 Å². The highest BCUT2D eigenvalue weighted by atomic mass is 31.2. The van der Waals surface area contributed by atoms with Gasteiger partial charge in [-0.3, -0.25) is 4.57 Å². The van der Waals surface area contributed by atoms with Crippen molar-refractivity contribution in [2.45, 2.75) is 26.6 Å². The molecule has 0 radical (unpaired) electrons. The Morgan fingerprint density at radius 1 is 1.04 bits per heavy atom. The van der Waals surface area contributed by atoms with E-state index in [0.29, 0.717) is 17.5 Å². The van der Waals surface area contributed by atoms with Crippen LogP contribution in [0.1, 0.15) is 30.8 Å². The molecule has 0 aromatic heterocycles. The van der Waals surface area contributed by atoms with E-state index in [0.717, 1.165) is 11.3 Å². The minimum Gasteiger partial charge on any atom is -0.378 e. The summed E-state index contributed by atoms with van der Waals surface area (Å²) < 4.78 is 19.5. The fourth-order valence-corrected chi connectivity index (χ4v) is 4.66. The predicted molar refractivity (Wildman–Crippen MR) is 105 cm³/mol.